The zero-order chi connectivity index (χ0) is 14.7. The summed E-state index contributed by atoms with van der Waals surface area (Å²) < 4.78 is 0. The Bertz CT molecular complexity index is 592. The van der Waals surface area contributed by atoms with Gasteiger partial charge >= 0.3 is 0 Å². The van der Waals surface area contributed by atoms with Gasteiger partial charge in [-0.05, 0) is 38.3 Å². The van der Waals surface area contributed by atoms with E-state index in [9.17, 15) is 14.9 Å². The third kappa shape index (κ3) is 2.62. The maximum Gasteiger partial charge on any atom is 0.289 e. The molecule has 1 saturated heterocycles. The van der Waals surface area contributed by atoms with Crippen LogP contribution in [0.1, 0.15) is 31.7 Å². The number of hydrogen-bond acceptors (Lipinski definition) is 5. The van der Waals surface area contributed by atoms with Crippen molar-refractivity contribution in [3.05, 3.63) is 33.9 Å². The summed E-state index contributed by atoms with van der Waals surface area (Å²) in [4.78, 5) is 24.0. The Morgan fingerprint density at radius 3 is 2.85 bits per heavy atom. The first-order chi connectivity index (χ1) is 9.54. The van der Waals surface area contributed by atoms with E-state index >= 15 is 0 Å². The molecule has 1 heterocycles. The molecule has 0 amide bonds. The van der Waals surface area contributed by atoms with Gasteiger partial charge in [-0.15, -0.1) is 0 Å². The first kappa shape index (κ1) is 14.0. The molecule has 0 aromatic heterocycles. The van der Waals surface area contributed by atoms with Crippen molar-refractivity contribution in [1.29, 1.82) is 5.26 Å². The number of anilines is 1. The number of piperidine rings is 1. The van der Waals surface area contributed by atoms with Crippen LogP contribution >= 0.6 is 0 Å². The van der Waals surface area contributed by atoms with Gasteiger partial charge in [0.15, 0.2) is 5.78 Å². The lowest BCUT2D eigenvalue weighted by Crippen LogP contribution is -2.43. The normalized spacial score (nSPS) is 18.4. The lowest BCUT2D eigenvalue weighted by molar-refractivity contribution is -0.385. The molecule has 0 aliphatic carbocycles. The van der Waals surface area contributed by atoms with Crippen LogP contribution in [0.4, 0.5) is 11.4 Å². The predicted octanol–water partition coefficient (Wildman–Crippen LogP) is 2.41. The molecule has 20 heavy (non-hydrogen) atoms. The highest BCUT2D eigenvalue weighted by atomic mass is 16.6. The maximum absolute atomic E-state index is 11.7. The highest BCUT2D eigenvalue weighted by molar-refractivity contribution is 5.85. The van der Waals surface area contributed by atoms with E-state index in [0.29, 0.717) is 12.2 Å². The minimum absolute atomic E-state index is 0.0372. The lowest BCUT2D eigenvalue weighted by Gasteiger charge is -2.35. The van der Waals surface area contributed by atoms with E-state index in [1.807, 2.05) is 11.0 Å². The van der Waals surface area contributed by atoms with Gasteiger partial charge in [0.25, 0.3) is 5.69 Å². The number of carbonyl (C=O) groups is 1. The van der Waals surface area contributed by atoms with Crippen LogP contribution in [0, 0.1) is 21.4 Å². The molecule has 1 aliphatic rings. The molecule has 1 unspecified atom stereocenters. The van der Waals surface area contributed by atoms with Crippen LogP contribution in [0.15, 0.2) is 18.2 Å². The lowest BCUT2D eigenvalue weighted by atomic mass is 9.98. The van der Waals surface area contributed by atoms with Gasteiger partial charge in [-0.1, -0.05) is 0 Å². The zero-order valence-corrected chi connectivity index (χ0v) is 11.2. The summed E-state index contributed by atoms with van der Waals surface area (Å²) in [5.41, 5.74) is 0.462. The van der Waals surface area contributed by atoms with Gasteiger partial charge in [-0.25, -0.2) is 0 Å². The van der Waals surface area contributed by atoms with Crippen molar-refractivity contribution in [2.75, 3.05) is 11.4 Å². The number of rotatable bonds is 3. The monoisotopic (exact) mass is 273 g/mol. The van der Waals surface area contributed by atoms with E-state index in [2.05, 4.69) is 0 Å². The summed E-state index contributed by atoms with van der Waals surface area (Å²) in [5, 5.41) is 19.9. The largest absolute Gasteiger partial charge is 0.361 e. The van der Waals surface area contributed by atoms with Crippen molar-refractivity contribution >= 4 is 17.2 Å². The molecule has 0 N–H and O–H groups in total. The van der Waals surface area contributed by atoms with Gasteiger partial charge in [-0.2, -0.15) is 5.26 Å². The number of nitrogens with zero attached hydrogens (tertiary/aromatic N) is 3. The topological polar surface area (TPSA) is 87.2 Å². The summed E-state index contributed by atoms with van der Waals surface area (Å²) in [7, 11) is 0. The zero-order valence-electron chi connectivity index (χ0n) is 11.2. The fraction of sp³-hybridized carbons (Fsp3) is 0.429. The minimum Gasteiger partial charge on any atom is -0.361 e. The SMILES string of the molecule is CC(=O)C1CCCCN1c1ccc(C#N)c([N+](=O)[O-])c1. The number of nitro benzene ring substituents is 1. The number of nitro groups is 1. The van der Waals surface area contributed by atoms with Crippen LogP contribution in [-0.2, 0) is 4.79 Å². The molecule has 0 radical (unpaired) electrons. The third-order valence-corrected chi connectivity index (χ3v) is 3.60. The molecular weight excluding hydrogens is 258 g/mol. The van der Waals surface area contributed by atoms with Gasteiger partial charge in [0, 0.05) is 18.3 Å². The standard InChI is InChI=1S/C14H15N3O3/c1-10(18)13-4-2-3-7-16(13)12-6-5-11(9-15)14(8-12)17(19)20/h5-6,8,13H,2-4,7H2,1H3. The molecule has 1 aliphatic heterocycles. The van der Waals surface area contributed by atoms with Gasteiger partial charge < -0.3 is 4.90 Å². The molecule has 2 rings (SSSR count). The van der Waals surface area contributed by atoms with E-state index in [-0.39, 0.29) is 23.1 Å². The number of ketones is 1. The Labute approximate surface area is 116 Å². The van der Waals surface area contributed by atoms with Crippen LogP contribution in [-0.4, -0.2) is 23.3 Å². The molecule has 1 aromatic carbocycles. The molecule has 1 aromatic rings. The molecule has 1 atom stereocenters. The van der Waals surface area contributed by atoms with Crippen molar-refractivity contribution in [1.82, 2.24) is 0 Å². The Kier molecular flexibility index (Phi) is 3.99. The van der Waals surface area contributed by atoms with E-state index in [1.165, 1.54) is 12.1 Å². The molecule has 6 nitrogen and oxygen atoms in total. The molecule has 104 valence electrons. The number of nitriles is 1. The molecule has 0 bridgehead atoms. The highest BCUT2D eigenvalue weighted by Crippen LogP contribution is 2.30. The number of hydrogen-bond donors (Lipinski definition) is 0. The van der Waals surface area contributed by atoms with Crippen LogP contribution in [0.2, 0.25) is 0 Å². The second kappa shape index (κ2) is 5.70. The van der Waals surface area contributed by atoms with Crippen molar-refractivity contribution < 1.29 is 9.72 Å². The predicted molar refractivity (Wildman–Crippen MR) is 73.5 cm³/mol. The molecule has 0 saturated carbocycles. The van der Waals surface area contributed by atoms with Crippen molar-refractivity contribution in [2.45, 2.75) is 32.2 Å². The molecule has 0 spiro atoms. The Morgan fingerprint density at radius 1 is 1.50 bits per heavy atom. The Balaban J connectivity index is 2.41. The Hall–Kier alpha value is -2.42. The van der Waals surface area contributed by atoms with E-state index in [1.54, 1.807) is 13.0 Å². The third-order valence-electron chi connectivity index (χ3n) is 3.60. The minimum atomic E-state index is -0.561. The van der Waals surface area contributed by atoms with Crippen molar-refractivity contribution in [3.63, 3.8) is 0 Å². The average Bonchev–Trinajstić information content (AvgIpc) is 2.46. The van der Waals surface area contributed by atoms with E-state index < -0.39 is 4.92 Å². The van der Waals surface area contributed by atoms with Crippen molar-refractivity contribution in [2.24, 2.45) is 0 Å². The van der Waals surface area contributed by atoms with Crippen LogP contribution in [0.3, 0.4) is 0 Å². The summed E-state index contributed by atoms with van der Waals surface area (Å²) in [6, 6.07) is 6.09. The number of Topliss-reactive ketones (excluding diaryl/α,β-unsaturated/α-hetero) is 1. The molecular formula is C14H15N3O3. The van der Waals surface area contributed by atoms with Crippen LogP contribution in [0.25, 0.3) is 0 Å². The number of carbonyl (C=O) groups excluding carboxylic acids is 1. The summed E-state index contributed by atoms with van der Waals surface area (Å²) in [6.07, 6.45) is 2.71. The average molecular weight is 273 g/mol. The molecule has 6 heteroatoms. The van der Waals surface area contributed by atoms with Gasteiger partial charge in [0.1, 0.15) is 11.6 Å². The maximum atomic E-state index is 11.7. The first-order valence-electron chi connectivity index (χ1n) is 6.50. The number of benzene rings is 1. The highest BCUT2D eigenvalue weighted by Gasteiger charge is 2.27. The van der Waals surface area contributed by atoms with E-state index in [4.69, 9.17) is 5.26 Å². The fourth-order valence-electron chi connectivity index (χ4n) is 2.61. The second-order valence-electron chi connectivity index (χ2n) is 4.89. The summed E-state index contributed by atoms with van der Waals surface area (Å²) >= 11 is 0. The van der Waals surface area contributed by atoms with E-state index in [0.717, 1.165) is 19.3 Å². The van der Waals surface area contributed by atoms with Gasteiger partial charge in [-0.3, -0.25) is 14.9 Å². The fourth-order valence-corrected chi connectivity index (χ4v) is 2.61. The smallest absolute Gasteiger partial charge is 0.289 e. The van der Waals surface area contributed by atoms with Crippen LogP contribution < -0.4 is 4.90 Å². The van der Waals surface area contributed by atoms with Gasteiger partial charge in [0.05, 0.1) is 11.0 Å². The van der Waals surface area contributed by atoms with Gasteiger partial charge in [0.2, 0.25) is 0 Å². The summed E-state index contributed by atoms with van der Waals surface area (Å²) in [5.74, 6) is 0.0664. The summed E-state index contributed by atoms with van der Waals surface area (Å²) in [6.45, 7) is 2.24. The van der Waals surface area contributed by atoms with Crippen LogP contribution in [0.5, 0.6) is 0 Å². The first-order valence-corrected chi connectivity index (χ1v) is 6.50. The Morgan fingerprint density at radius 2 is 2.25 bits per heavy atom. The molecule has 1 fully saturated rings. The van der Waals surface area contributed by atoms with Crippen molar-refractivity contribution in [3.8, 4) is 6.07 Å². The quantitative estimate of drug-likeness (QED) is 0.623. The second-order valence-corrected chi connectivity index (χ2v) is 4.89.